The van der Waals surface area contributed by atoms with Gasteiger partial charge in [0.15, 0.2) is 0 Å². The lowest BCUT2D eigenvalue weighted by molar-refractivity contribution is 0.641. The van der Waals surface area contributed by atoms with E-state index in [9.17, 15) is 0 Å². The second kappa shape index (κ2) is 5.85. The van der Waals surface area contributed by atoms with Gasteiger partial charge in [0, 0.05) is 0 Å². The first-order valence-corrected chi connectivity index (χ1v) is 7.10. The quantitative estimate of drug-likeness (QED) is 0.929. The smallest absolute Gasteiger partial charge is 0.0854 e. The fraction of sp³-hybridized carbons (Fsp3) is 0.357. The average Bonchev–Trinajstić information content (AvgIpc) is 2.69. The number of aryl methyl sites for hydroxylation is 1. The van der Waals surface area contributed by atoms with Gasteiger partial charge in [-0.3, -0.25) is 4.68 Å². The number of aromatic nitrogens is 2. The van der Waals surface area contributed by atoms with Gasteiger partial charge in [0.05, 0.1) is 33.7 Å². The zero-order chi connectivity index (χ0) is 14.0. The van der Waals surface area contributed by atoms with Crippen molar-refractivity contribution >= 4 is 28.9 Å². The maximum atomic E-state index is 6.10. The van der Waals surface area contributed by atoms with E-state index in [2.05, 4.69) is 18.9 Å². The molecule has 0 aliphatic heterocycles. The minimum atomic E-state index is 0.563. The molecule has 5 heteroatoms. The molecule has 2 aromatic rings. The van der Waals surface area contributed by atoms with Crippen molar-refractivity contribution in [3.8, 4) is 0 Å². The van der Waals surface area contributed by atoms with Gasteiger partial charge in [0.2, 0.25) is 0 Å². The largest absolute Gasteiger partial charge is 0.396 e. The molecule has 0 aliphatic rings. The molecule has 0 fully saturated rings. The minimum Gasteiger partial charge on any atom is -0.396 e. The monoisotopic (exact) mass is 297 g/mol. The van der Waals surface area contributed by atoms with Crippen molar-refractivity contribution in [2.75, 3.05) is 5.73 Å². The zero-order valence-corrected chi connectivity index (χ0v) is 12.6. The molecule has 1 aromatic carbocycles. The maximum Gasteiger partial charge on any atom is 0.0854 e. The van der Waals surface area contributed by atoms with E-state index >= 15 is 0 Å². The summed E-state index contributed by atoms with van der Waals surface area (Å²) in [5.74, 6) is 0. The van der Waals surface area contributed by atoms with Crippen LogP contribution in [-0.4, -0.2) is 9.78 Å². The van der Waals surface area contributed by atoms with E-state index in [-0.39, 0.29) is 0 Å². The number of rotatable bonds is 4. The molecule has 0 saturated carbocycles. The third-order valence-corrected chi connectivity index (χ3v) is 3.90. The third kappa shape index (κ3) is 2.88. The van der Waals surface area contributed by atoms with Crippen LogP contribution in [-0.2, 0) is 19.4 Å². The lowest BCUT2D eigenvalue weighted by atomic mass is 10.2. The highest BCUT2D eigenvalue weighted by Gasteiger charge is 2.13. The molecule has 0 amide bonds. The number of nitrogens with zero attached hydrogens (tertiary/aromatic N) is 2. The minimum absolute atomic E-state index is 0.563. The number of halogens is 2. The molecule has 0 radical (unpaired) electrons. The van der Waals surface area contributed by atoms with Crippen LogP contribution in [0.1, 0.15) is 30.8 Å². The molecule has 0 aliphatic carbocycles. The molecular formula is C14H17Cl2N3. The number of anilines is 1. The Balaban J connectivity index is 2.34. The molecule has 2 rings (SSSR count). The summed E-state index contributed by atoms with van der Waals surface area (Å²) in [4.78, 5) is 0. The van der Waals surface area contributed by atoms with Crippen LogP contribution in [0, 0.1) is 0 Å². The lowest BCUT2D eigenvalue weighted by Gasteiger charge is -2.07. The molecule has 0 unspecified atom stereocenters. The molecule has 1 aromatic heterocycles. The predicted octanol–water partition coefficient (Wildman–Crippen LogP) is 3.95. The molecule has 19 heavy (non-hydrogen) atoms. The van der Waals surface area contributed by atoms with E-state index in [4.69, 9.17) is 28.9 Å². The Labute approximate surface area is 123 Å². The Bertz CT molecular complexity index is 591. The number of hydrogen-bond acceptors (Lipinski definition) is 2. The average molecular weight is 298 g/mol. The molecule has 0 spiro atoms. The van der Waals surface area contributed by atoms with Crippen LogP contribution in [0.3, 0.4) is 0 Å². The third-order valence-electron chi connectivity index (χ3n) is 3.16. The van der Waals surface area contributed by atoms with Crippen molar-refractivity contribution in [1.82, 2.24) is 9.78 Å². The van der Waals surface area contributed by atoms with Gasteiger partial charge in [0.25, 0.3) is 0 Å². The van der Waals surface area contributed by atoms with Crippen molar-refractivity contribution in [3.05, 3.63) is 45.2 Å². The highest BCUT2D eigenvalue weighted by Crippen LogP contribution is 2.24. The molecule has 0 atom stereocenters. The summed E-state index contributed by atoms with van der Waals surface area (Å²) in [6.45, 7) is 4.80. The predicted molar refractivity (Wildman–Crippen MR) is 81.0 cm³/mol. The SMILES string of the molecule is CCc1nn(Cc2ccc(Cl)c(Cl)c2)c(CC)c1N. The highest BCUT2D eigenvalue weighted by molar-refractivity contribution is 6.42. The normalized spacial score (nSPS) is 10.9. The van der Waals surface area contributed by atoms with Crippen LogP contribution in [0.4, 0.5) is 5.69 Å². The maximum absolute atomic E-state index is 6.10. The molecule has 2 N–H and O–H groups in total. The Kier molecular flexibility index (Phi) is 4.38. The summed E-state index contributed by atoms with van der Waals surface area (Å²) in [5.41, 5.74) is 10.0. The Hall–Kier alpha value is -1.19. The van der Waals surface area contributed by atoms with Gasteiger partial charge >= 0.3 is 0 Å². The first-order chi connectivity index (χ1) is 9.06. The second-order valence-electron chi connectivity index (χ2n) is 4.42. The summed E-state index contributed by atoms with van der Waals surface area (Å²) < 4.78 is 1.95. The van der Waals surface area contributed by atoms with Crippen LogP contribution in [0.25, 0.3) is 0 Å². The van der Waals surface area contributed by atoms with E-state index < -0.39 is 0 Å². The number of hydrogen-bond donors (Lipinski definition) is 1. The highest BCUT2D eigenvalue weighted by atomic mass is 35.5. The summed E-state index contributed by atoms with van der Waals surface area (Å²) in [6.07, 6.45) is 1.70. The topological polar surface area (TPSA) is 43.8 Å². The van der Waals surface area contributed by atoms with E-state index in [1.165, 1.54) is 0 Å². The summed E-state index contributed by atoms with van der Waals surface area (Å²) in [7, 11) is 0. The Morgan fingerprint density at radius 1 is 1.16 bits per heavy atom. The van der Waals surface area contributed by atoms with Crippen LogP contribution < -0.4 is 5.73 Å². The van der Waals surface area contributed by atoms with E-state index in [0.717, 1.165) is 35.5 Å². The van der Waals surface area contributed by atoms with Crippen LogP contribution in [0.5, 0.6) is 0 Å². The summed E-state index contributed by atoms with van der Waals surface area (Å²) >= 11 is 12.0. The van der Waals surface area contributed by atoms with Gasteiger partial charge in [-0.05, 0) is 30.5 Å². The fourth-order valence-corrected chi connectivity index (χ4v) is 2.46. The summed E-state index contributed by atoms with van der Waals surface area (Å²) in [6, 6.07) is 5.63. The van der Waals surface area contributed by atoms with Crippen molar-refractivity contribution in [3.63, 3.8) is 0 Å². The number of nitrogen functional groups attached to an aromatic ring is 1. The second-order valence-corrected chi connectivity index (χ2v) is 5.23. The fourth-order valence-electron chi connectivity index (χ4n) is 2.14. The van der Waals surface area contributed by atoms with Gasteiger partial charge < -0.3 is 5.73 Å². The molecule has 0 bridgehead atoms. The molecular weight excluding hydrogens is 281 g/mol. The Morgan fingerprint density at radius 2 is 1.89 bits per heavy atom. The molecule has 3 nitrogen and oxygen atoms in total. The van der Waals surface area contributed by atoms with Gasteiger partial charge in [0.1, 0.15) is 0 Å². The van der Waals surface area contributed by atoms with Crippen LogP contribution in [0.15, 0.2) is 18.2 Å². The van der Waals surface area contributed by atoms with Crippen LogP contribution in [0.2, 0.25) is 10.0 Å². The molecule has 102 valence electrons. The van der Waals surface area contributed by atoms with Crippen molar-refractivity contribution in [2.24, 2.45) is 0 Å². The van der Waals surface area contributed by atoms with Gasteiger partial charge in [-0.1, -0.05) is 43.1 Å². The summed E-state index contributed by atoms with van der Waals surface area (Å²) in [5, 5.41) is 5.69. The van der Waals surface area contributed by atoms with E-state index in [1.54, 1.807) is 6.07 Å². The van der Waals surface area contributed by atoms with Crippen molar-refractivity contribution in [2.45, 2.75) is 33.2 Å². The number of benzene rings is 1. The van der Waals surface area contributed by atoms with Gasteiger partial charge in [-0.2, -0.15) is 5.10 Å². The molecule has 1 heterocycles. The first-order valence-electron chi connectivity index (χ1n) is 6.34. The van der Waals surface area contributed by atoms with Crippen LogP contribution >= 0.6 is 23.2 Å². The standard InChI is InChI=1S/C14H17Cl2N3/c1-3-12-14(17)13(4-2)19(18-12)8-9-5-6-10(15)11(16)7-9/h5-7H,3-4,8,17H2,1-2H3. The Morgan fingerprint density at radius 3 is 2.47 bits per heavy atom. The van der Waals surface area contributed by atoms with E-state index in [1.807, 2.05) is 16.8 Å². The van der Waals surface area contributed by atoms with Crippen molar-refractivity contribution < 1.29 is 0 Å². The zero-order valence-electron chi connectivity index (χ0n) is 11.1. The van der Waals surface area contributed by atoms with Gasteiger partial charge in [-0.25, -0.2) is 0 Å². The van der Waals surface area contributed by atoms with Crippen molar-refractivity contribution in [1.29, 1.82) is 0 Å². The van der Waals surface area contributed by atoms with E-state index in [0.29, 0.717) is 16.6 Å². The molecule has 0 saturated heterocycles. The first kappa shape index (κ1) is 14.2. The lowest BCUT2D eigenvalue weighted by Crippen LogP contribution is -2.06. The van der Waals surface area contributed by atoms with Gasteiger partial charge in [-0.15, -0.1) is 0 Å². The number of nitrogens with two attached hydrogens (primary N) is 1.